The highest BCUT2D eigenvalue weighted by molar-refractivity contribution is 6.15. The Morgan fingerprint density at radius 3 is 2.52 bits per heavy atom. The maximum absolute atomic E-state index is 13.1. The average molecular weight is 418 g/mol. The molecular formula is C24H26N4O3. The summed E-state index contributed by atoms with van der Waals surface area (Å²) in [6, 6.07) is 15.2. The van der Waals surface area contributed by atoms with Crippen LogP contribution < -0.4 is 10.1 Å². The molecule has 0 spiro atoms. The molecule has 3 aromatic carbocycles. The van der Waals surface area contributed by atoms with E-state index in [4.69, 9.17) is 19.8 Å². The van der Waals surface area contributed by atoms with Crippen molar-refractivity contribution in [3.8, 4) is 5.75 Å². The molecule has 160 valence electrons. The van der Waals surface area contributed by atoms with Crippen LogP contribution in [0.3, 0.4) is 0 Å². The van der Waals surface area contributed by atoms with E-state index in [-0.39, 0.29) is 12.5 Å². The number of benzene rings is 3. The monoisotopic (exact) mass is 418 g/mol. The van der Waals surface area contributed by atoms with Gasteiger partial charge in [-0.2, -0.15) is 0 Å². The summed E-state index contributed by atoms with van der Waals surface area (Å²) in [5, 5.41) is 13.7. The topological polar surface area (TPSA) is 87.6 Å². The molecule has 4 aromatic rings. The predicted molar refractivity (Wildman–Crippen MR) is 123 cm³/mol. The number of fused-ring (bicyclic) bond motifs is 4. The molecule has 0 bridgehead atoms. The van der Waals surface area contributed by atoms with E-state index in [1.54, 1.807) is 0 Å². The van der Waals surface area contributed by atoms with E-state index >= 15 is 0 Å². The number of likely N-dealkylation sites (N-methyl/N-ethyl adjacent to an activating group) is 1. The highest BCUT2D eigenvalue weighted by Gasteiger charge is 2.17. The van der Waals surface area contributed by atoms with Crippen molar-refractivity contribution in [1.29, 1.82) is 0 Å². The van der Waals surface area contributed by atoms with Crippen LogP contribution in [0.4, 0.5) is 0 Å². The molecule has 4 rings (SSSR count). The van der Waals surface area contributed by atoms with Gasteiger partial charge in [0.2, 0.25) is 0 Å². The molecule has 0 aliphatic carbocycles. The summed E-state index contributed by atoms with van der Waals surface area (Å²) < 4.78 is 5.73. The number of nitrogens with one attached hydrogen (secondary N) is 1. The molecule has 0 saturated carbocycles. The van der Waals surface area contributed by atoms with Crippen LogP contribution in [-0.4, -0.2) is 66.3 Å². The zero-order valence-electron chi connectivity index (χ0n) is 17.8. The number of amides is 1. The first-order valence-electron chi connectivity index (χ1n) is 10.4. The molecule has 0 fully saturated rings. The second-order valence-electron chi connectivity index (χ2n) is 7.70. The lowest BCUT2D eigenvalue weighted by molar-refractivity contribution is 0.0952. The number of aliphatic hydroxyl groups excluding tert-OH is 1. The molecule has 0 aliphatic heterocycles. The highest BCUT2D eigenvalue weighted by atomic mass is 16.5. The number of rotatable bonds is 8. The van der Waals surface area contributed by atoms with Crippen LogP contribution in [0.2, 0.25) is 0 Å². The van der Waals surface area contributed by atoms with Crippen LogP contribution in [0, 0.1) is 0 Å². The van der Waals surface area contributed by atoms with Crippen LogP contribution in [0.5, 0.6) is 5.75 Å². The van der Waals surface area contributed by atoms with Crippen molar-refractivity contribution in [3.63, 3.8) is 0 Å². The second kappa shape index (κ2) is 9.24. The van der Waals surface area contributed by atoms with Crippen molar-refractivity contribution in [2.45, 2.75) is 6.42 Å². The lowest BCUT2D eigenvalue weighted by atomic mass is 10.0. The van der Waals surface area contributed by atoms with Gasteiger partial charge in [0, 0.05) is 31.5 Å². The van der Waals surface area contributed by atoms with Gasteiger partial charge in [-0.1, -0.05) is 12.1 Å². The van der Waals surface area contributed by atoms with E-state index in [1.807, 2.05) is 67.5 Å². The van der Waals surface area contributed by atoms with Gasteiger partial charge in [0.05, 0.1) is 28.7 Å². The minimum atomic E-state index is -0.176. The maximum Gasteiger partial charge on any atom is 0.253 e. The Kier molecular flexibility index (Phi) is 6.25. The standard InChI is InChI=1S/C24H26N4O3/c1-28(2)11-10-25-24(30)19-15-16-14-17(31-13-5-12-29)8-9-18(16)22-23(19)27-21-7-4-3-6-20(21)26-22/h3-4,6-9,14-15,29H,5,10-13H2,1-2H3,(H,25,30). The predicted octanol–water partition coefficient (Wildman–Crippen LogP) is 2.99. The zero-order valence-corrected chi connectivity index (χ0v) is 17.8. The van der Waals surface area contributed by atoms with Crippen LogP contribution in [0.15, 0.2) is 48.5 Å². The summed E-state index contributed by atoms with van der Waals surface area (Å²) in [4.78, 5) is 24.7. The Morgan fingerprint density at radius 1 is 1.06 bits per heavy atom. The molecule has 1 heterocycles. The normalized spacial score (nSPS) is 11.5. The number of aromatic nitrogens is 2. The number of aliphatic hydroxyl groups is 1. The Balaban J connectivity index is 1.84. The molecule has 1 aromatic heterocycles. The number of hydrogen-bond donors (Lipinski definition) is 2. The van der Waals surface area contributed by atoms with E-state index in [0.717, 1.165) is 28.4 Å². The van der Waals surface area contributed by atoms with Crippen molar-refractivity contribution in [3.05, 3.63) is 54.1 Å². The van der Waals surface area contributed by atoms with Gasteiger partial charge >= 0.3 is 0 Å². The SMILES string of the molecule is CN(C)CCNC(=O)c1cc2cc(OCCCO)ccc2c2nc3ccccc3nc12. The molecule has 0 radical (unpaired) electrons. The Labute approximate surface area is 180 Å². The molecular weight excluding hydrogens is 392 g/mol. The van der Waals surface area contributed by atoms with Crippen LogP contribution in [0.1, 0.15) is 16.8 Å². The van der Waals surface area contributed by atoms with Crippen molar-refractivity contribution < 1.29 is 14.6 Å². The van der Waals surface area contributed by atoms with Gasteiger partial charge < -0.3 is 20.1 Å². The third-order valence-electron chi connectivity index (χ3n) is 5.06. The third kappa shape index (κ3) is 4.57. The lowest BCUT2D eigenvalue weighted by Crippen LogP contribution is -2.31. The van der Waals surface area contributed by atoms with Crippen molar-refractivity contribution in [2.24, 2.45) is 0 Å². The Bertz CT molecular complexity index is 1240. The molecule has 7 heteroatoms. The number of nitrogens with zero attached hydrogens (tertiary/aromatic N) is 3. The first-order valence-corrected chi connectivity index (χ1v) is 10.4. The largest absolute Gasteiger partial charge is 0.493 e. The minimum absolute atomic E-state index is 0.0815. The molecule has 0 unspecified atom stereocenters. The van der Waals surface area contributed by atoms with Crippen molar-refractivity contribution in [1.82, 2.24) is 20.2 Å². The third-order valence-corrected chi connectivity index (χ3v) is 5.06. The van der Waals surface area contributed by atoms with E-state index in [0.29, 0.717) is 41.9 Å². The van der Waals surface area contributed by atoms with E-state index in [1.165, 1.54) is 0 Å². The smallest absolute Gasteiger partial charge is 0.253 e. The first-order chi connectivity index (χ1) is 15.1. The number of para-hydroxylation sites is 2. The fourth-order valence-corrected chi connectivity index (χ4v) is 3.48. The van der Waals surface area contributed by atoms with Gasteiger partial charge in [0.15, 0.2) is 0 Å². The lowest BCUT2D eigenvalue weighted by Gasteiger charge is -2.13. The molecule has 0 atom stereocenters. The molecule has 0 saturated heterocycles. The van der Waals surface area contributed by atoms with Crippen molar-refractivity contribution in [2.75, 3.05) is 40.4 Å². The molecule has 1 amide bonds. The summed E-state index contributed by atoms with van der Waals surface area (Å²) in [6.45, 7) is 1.79. The van der Waals surface area contributed by atoms with E-state index < -0.39 is 0 Å². The van der Waals surface area contributed by atoms with Crippen LogP contribution in [-0.2, 0) is 0 Å². The first kappa shape index (κ1) is 21.0. The minimum Gasteiger partial charge on any atom is -0.493 e. The van der Waals surface area contributed by atoms with E-state index in [2.05, 4.69) is 5.32 Å². The summed E-state index contributed by atoms with van der Waals surface area (Å²) in [5.41, 5.74) is 3.30. The molecule has 2 N–H and O–H groups in total. The van der Waals surface area contributed by atoms with Gasteiger partial charge in [-0.3, -0.25) is 4.79 Å². The van der Waals surface area contributed by atoms with Gasteiger partial charge in [-0.15, -0.1) is 0 Å². The van der Waals surface area contributed by atoms with Gasteiger partial charge in [-0.25, -0.2) is 9.97 Å². The Hall–Kier alpha value is -3.29. The quantitative estimate of drug-likeness (QED) is 0.260. The molecule has 31 heavy (non-hydrogen) atoms. The maximum atomic E-state index is 13.1. The van der Waals surface area contributed by atoms with Crippen LogP contribution >= 0.6 is 0 Å². The zero-order chi connectivity index (χ0) is 21.8. The fourth-order valence-electron chi connectivity index (χ4n) is 3.48. The summed E-state index contributed by atoms with van der Waals surface area (Å²) in [6.07, 6.45) is 0.562. The summed E-state index contributed by atoms with van der Waals surface area (Å²) >= 11 is 0. The molecule has 7 nitrogen and oxygen atoms in total. The summed E-state index contributed by atoms with van der Waals surface area (Å²) in [7, 11) is 3.93. The highest BCUT2D eigenvalue weighted by Crippen LogP contribution is 2.30. The average Bonchev–Trinajstić information content (AvgIpc) is 2.77. The second-order valence-corrected chi connectivity index (χ2v) is 7.70. The van der Waals surface area contributed by atoms with Gasteiger partial charge in [-0.05, 0) is 55.9 Å². The number of carbonyl (C=O) groups excluding carboxylic acids is 1. The van der Waals surface area contributed by atoms with E-state index in [9.17, 15) is 4.79 Å². The van der Waals surface area contributed by atoms with Gasteiger partial charge in [0.1, 0.15) is 11.3 Å². The Morgan fingerprint density at radius 2 is 1.81 bits per heavy atom. The summed E-state index contributed by atoms with van der Waals surface area (Å²) in [5.74, 6) is 0.512. The fraction of sp³-hybridized carbons (Fsp3) is 0.292. The number of hydrogen-bond acceptors (Lipinski definition) is 6. The van der Waals surface area contributed by atoms with Gasteiger partial charge in [0.25, 0.3) is 5.91 Å². The van der Waals surface area contributed by atoms with Crippen LogP contribution in [0.25, 0.3) is 32.8 Å². The number of ether oxygens (including phenoxy) is 1. The molecule has 0 aliphatic rings. The number of carbonyl (C=O) groups is 1. The van der Waals surface area contributed by atoms with Crippen molar-refractivity contribution >= 4 is 38.7 Å².